The molecule has 3 aromatic carbocycles. The highest BCUT2D eigenvalue weighted by molar-refractivity contribution is 6.09. The minimum Gasteiger partial charge on any atom is -0.466 e. The fourth-order valence-corrected chi connectivity index (χ4v) is 7.73. The highest BCUT2D eigenvalue weighted by atomic mass is 16.5. The van der Waals surface area contributed by atoms with Gasteiger partial charge in [0, 0.05) is 61.8 Å². The van der Waals surface area contributed by atoms with Gasteiger partial charge in [-0.1, -0.05) is 98.1 Å². The van der Waals surface area contributed by atoms with Gasteiger partial charge in [-0.2, -0.15) is 0 Å². The van der Waals surface area contributed by atoms with E-state index in [0.717, 1.165) is 72.3 Å². The van der Waals surface area contributed by atoms with Crippen molar-refractivity contribution in [2.45, 2.75) is 71.4 Å². The van der Waals surface area contributed by atoms with Crippen LogP contribution >= 0.6 is 0 Å². The molecule has 258 valence electrons. The highest BCUT2D eigenvalue weighted by Gasteiger charge is 2.29. The Balaban J connectivity index is 1.22. The number of pyridine rings is 1. The van der Waals surface area contributed by atoms with Gasteiger partial charge < -0.3 is 10.1 Å². The van der Waals surface area contributed by atoms with Crippen molar-refractivity contribution in [2.24, 2.45) is 11.8 Å². The Bertz CT molecular complexity index is 1660. The molecule has 0 spiro atoms. The summed E-state index contributed by atoms with van der Waals surface area (Å²) >= 11 is 0. The van der Waals surface area contributed by atoms with Crippen LogP contribution < -0.4 is 5.32 Å². The van der Waals surface area contributed by atoms with E-state index in [4.69, 9.17) is 9.72 Å². The van der Waals surface area contributed by atoms with E-state index in [0.29, 0.717) is 25.6 Å². The number of ether oxygens (including phenoxy) is 1. The zero-order valence-electron chi connectivity index (χ0n) is 29.3. The van der Waals surface area contributed by atoms with E-state index >= 15 is 0 Å². The SMILES string of the molecule is CCOC(=O)C(CCc1ccccc1)CN1CCN(Cc2c(-c3ccccc3)nc3ccccc3c2C(=O)N[C@@H](C)C2CCCCC2)CC1. The fraction of sp³-hybridized carbons (Fsp3) is 0.452. The maximum atomic E-state index is 14.4. The molecule has 0 radical (unpaired) electrons. The standard InChI is InChI=1S/C42H52N4O3/c1-3-49-42(48)35(24-23-32-15-7-4-8-16-32)29-45-25-27-46(28-26-45)30-37-39(41(47)43-31(2)33-17-9-5-10-18-33)36-21-13-14-22-38(36)44-40(37)34-19-11-6-12-20-34/h4,6-8,11-16,19-22,31,33,35H,3,5,9-10,17-18,23-30H2,1-2H3,(H,43,47)/t31-,35?/m0/s1. The smallest absolute Gasteiger partial charge is 0.310 e. The van der Waals surface area contributed by atoms with Gasteiger partial charge in [0.05, 0.1) is 29.3 Å². The summed E-state index contributed by atoms with van der Waals surface area (Å²) in [6, 6.07) is 28.8. The van der Waals surface area contributed by atoms with Crippen LogP contribution in [-0.4, -0.2) is 72.0 Å². The van der Waals surface area contributed by atoms with Gasteiger partial charge in [-0.15, -0.1) is 0 Å². The Morgan fingerprint density at radius 1 is 0.857 bits per heavy atom. The van der Waals surface area contributed by atoms with Gasteiger partial charge in [0.1, 0.15) is 0 Å². The number of amides is 1. The number of esters is 1. The minimum atomic E-state index is -0.164. The summed E-state index contributed by atoms with van der Waals surface area (Å²) in [5.41, 5.74) is 5.71. The third-order valence-corrected chi connectivity index (χ3v) is 10.6. The number of hydrogen-bond acceptors (Lipinski definition) is 6. The van der Waals surface area contributed by atoms with Gasteiger partial charge in [-0.05, 0) is 57.1 Å². The topological polar surface area (TPSA) is 74.8 Å². The quantitative estimate of drug-likeness (QED) is 0.150. The maximum Gasteiger partial charge on any atom is 0.310 e. The minimum absolute atomic E-state index is 0.00168. The molecule has 1 unspecified atom stereocenters. The van der Waals surface area contributed by atoms with Crippen LogP contribution in [0.1, 0.15) is 73.9 Å². The predicted octanol–water partition coefficient (Wildman–Crippen LogP) is 7.53. The van der Waals surface area contributed by atoms with Gasteiger partial charge in [-0.25, -0.2) is 4.98 Å². The van der Waals surface area contributed by atoms with Gasteiger partial charge in [0.2, 0.25) is 0 Å². The second kappa shape index (κ2) is 17.0. The molecule has 1 aliphatic heterocycles. The van der Waals surface area contributed by atoms with Crippen molar-refractivity contribution in [3.8, 4) is 11.3 Å². The molecule has 1 amide bonds. The van der Waals surface area contributed by atoms with Crippen LogP contribution in [0.4, 0.5) is 0 Å². The van der Waals surface area contributed by atoms with Crippen molar-refractivity contribution in [1.29, 1.82) is 0 Å². The predicted molar refractivity (Wildman–Crippen MR) is 197 cm³/mol. The van der Waals surface area contributed by atoms with Gasteiger partial charge in [0.25, 0.3) is 5.91 Å². The van der Waals surface area contributed by atoms with E-state index in [1.165, 1.54) is 37.7 Å². The molecule has 1 aromatic heterocycles. The average Bonchev–Trinajstić information content (AvgIpc) is 3.14. The number of para-hydroxylation sites is 1. The number of hydrogen-bond donors (Lipinski definition) is 1. The van der Waals surface area contributed by atoms with Crippen LogP contribution in [0.25, 0.3) is 22.2 Å². The molecule has 1 saturated carbocycles. The van der Waals surface area contributed by atoms with E-state index in [-0.39, 0.29) is 23.8 Å². The number of benzene rings is 3. The Hall–Kier alpha value is -4.07. The first-order valence-electron chi connectivity index (χ1n) is 18.4. The Kier molecular flexibility index (Phi) is 12.1. The van der Waals surface area contributed by atoms with E-state index in [2.05, 4.69) is 58.4 Å². The summed E-state index contributed by atoms with van der Waals surface area (Å²) in [5, 5.41) is 4.35. The Morgan fingerprint density at radius 3 is 2.22 bits per heavy atom. The average molecular weight is 661 g/mol. The highest BCUT2D eigenvalue weighted by Crippen LogP contribution is 2.33. The van der Waals surface area contributed by atoms with E-state index < -0.39 is 0 Å². The number of fused-ring (bicyclic) bond motifs is 1. The third kappa shape index (κ3) is 8.94. The number of aryl methyl sites for hydroxylation is 1. The van der Waals surface area contributed by atoms with Crippen LogP contribution in [0.5, 0.6) is 0 Å². The van der Waals surface area contributed by atoms with Crippen molar-refractivity contribution < 1.29 is 14.3 Å². The van der Waals surface area contributed by atoms with Gasteiger partial charge in [0.15, 0.2) is 0 Å². The van der Waals surface area contributed by atoms with Crippen LogP contribution in [0, 0.1) is 11.8 Å². The van der Waals surface area contributed by atoms with Crippen LogP contribution in [-0.2, 0) is 22.5 Å². The van der Waals surface area contributed by atoms with Gasteiger partial charge >= 0.3 is 5.97 Å². The zero-order chi connectivity index (χ0) is 34.0. The summed E-state index contributed by atoms with van der Waals surface area (Å²) in [7, 11) is 0. The summed E-state index contributed by atoms with van der Waals surface area (Å²) in [6.07, 6.45) is 7.75. The van der Waals surface area contributed by atoms with E-state index in [1.54, 1.807) is 0 Å². The molecule has 2 heterocycles. The second-order valence-corrected chi connectivity index (χ2v) is 13.9. The molecule has 2 aliphatic rings. The normalized spacial score (nSPS) is 17.4. The number of rotatable bonds is 13. The molecule has 7 nitrogen and oxygen atoms in total. The monoisotopic (exact) mass is 660 g/mol. The molecule has 7 heteroatoms. The molecule has 1 saturated heterocycles. The fourth-order valence-electron chi connectivity index (χ4n) is 7.73. The van der Waals surface area contributed by atoms with Crippen molar-refractivity contribution in [2.75, 3.05) is 39.3 Å². The Morgan fingerprint density at radius 2 is 1.51 bits per heavy atom. The molecule has 4 aromatic rings. The molecule has 49 heavy (non-hydrogen) atoms. The molecule has 2 atom stereocenters. The lowest BCUT2D eigenvalue weighted by Gasteiger charge is -2.36. The molecule has 1 N–H and O–H groups in total. The van der Waals surface area contributed by atoms with Gasteiger partial charge in [-0.3, -0.25) is 19.4 Å². The maximum absolute atomic E-state index is 14.4. The zero-order valence-corrected chi connectivity index (χ0v) is 29.3. The Labute approximate surface area is 292 Å². The van der Waals surface area contributed by atoms with Crippen LogP contribution in [0.3, 0.4) is 0 Å². The second-order valence-electron chi connectivity index (χ2n) is 13.9. The molecule has 2 fully saturated rings. The number of piperazine rings is 1. The summed E-state index contributed by atoms with van der Waals surface area (Å²) in [6.45, 7) is 9.16. The third-order valence-electron chi connectivity index (χ3n) is 10.6. The summed E-state index contributed by atoms with van der Waals surface area (Å²) < 4.78 is 5.51. The number of aromatic nitrogens is 1. The first-order valence-corrected chi connectivity index (χ1v) is 18.4. The van der Waals surface area contributed by atoms with Crippen molar-refractivity contribution in [1.82, 2.24) is 20.1 Å². The summed E-state index contributed by atoms with van der Waals surface area (Å²) in [5.74, 6) is 0.247. The summed E-state index contributed by atoms with van der Waals surface area (Å²) in [4.78, 5) is 37.4. The molecular weight excluding hydrogens is 608 g/mol. The van der Waals surface area contributed by atoms with Crippen molar-refractivity contribution in [3.63, 3.8) is 0 Å². The van der Waals surface area contributed by atoms with E-state index in [1.807, 2.05) is 55.5 Å². The lowest BCUT2D eigenvalue weighted by Crippen LogP contribution is -2.48. The first kappa shape index (κ1) is 34.8. The number of carbonyl (C=O) groups excluding carboxylic acids is 2. The number of carbonyl (C=O) groups is 2. The molecule has 6 rings (SSSR count). The van der Waals surface area contributed by atoms with Crippen molar-refractivity contribution in [3.05, 3.63) is 102 Å². The number of nitrogens with zero attached hydrogens (tertiary/aromatic N) is 3. The molecule has 0 bridgehead atoms. The van der Waals surface area contributed by atoms with Crippen molar-refractivity contribution >= 4 is 22.8 Å². The van der Waals surface area contributed by atoms with Crippen LogP contribution in [0.2, 0.25) is 0 Å². The molecular formula is C42H52N4O3. The number of nitrogens with one attached hydrogen (secondary N) is 1. The first-order chi connectivity index (χ1) is 24.0. The lowest BCUT2D eigenvalue weighted by atomic mass is 9.84. The largest absolute Gasteiger partial charge is 0.466 e. The van der Waals surface area contributed by atoms with E-state index in [9.17, 15) is 9.59 Å². The van der Waals surface area contributed by atoms with Crippen LogP contribution in [0.15, 0.2) is 84.9 Å². The molecule has 1 aliphatic carbocycles. The lowest BCUT2D eigenvalue weighted by molar-refractivity contribution is -0.149.